The molecule has 1 aromatic carbocycles. The zero-order chi connectivity index (χ0) is 15.5. The number of benzene rings is 1. The first-order valence-corrected chi connectivity index (χ1v) is 8.71. The van der Waals surface area contributed by atoms with Crippen LogP contribution in [-0.4, -0.2) is 18.7 Å². The topological polar surface area (TPSA) is 21.3 Å². The molecule has 0 bridgehead atoms. The molecule has 1 aliphatic carbocycles. The molecule has 2 atom stereocenters. The van der Waals surface area contributed by atoms with Gasteiger partial charge in [-0.1, -0.05) is 20.8 Å². The zero-order valence-electron chi connectivity index (χ0n) is 13.1. The van der Waals surface area contributed by atoms with Crippen molar-refractivity contribution in [1.82, 2.24) is 5.32 Å². The van der Waals surface area contributed by atoms with Crippen molar-refractivity contribution in [3.05, 3.63) is 28.5 Å². The highest BCUT2D eigenvalue weighted by atomic mass is 79.9. The zero-order valence-corrected chi connectivity index (χ0v) is 14.7. The standard InChI is InChI=1S/C17H25BrFNO/c1-4-9-20-15-11-16(17(15,5-2)6-3)21-14-8-7-12(19)10-13(14)18/h7-8,10,15-16,20H,4-6,9,11H2,1-3H3. The second-order valence-corrected chi connectivity index (χ2v) is 6.72. The Morgan fingerprint density at radius 1 is 1.33 bits per heavy atom. The van der Waals surface area contributed by atoms with E-state index in [-0.39, 0.29) is 17.3 Å². The van der Waals surface area contributed by atoms with Gasteiger partial charge in [-0.3, -0.25) is 0 Å². The molecule has 0 aliphatic heterocycles. The molecule has 1 aromatic rings. The largest absolute Gasteiger partial charge is 0.489 e. The third-order valence-electron chi connectivity index (χ3n) is 4.91. The molecule has 118 valence electrons. The average Bonchev–Trinajstić information content (AvgIpc) is 2.45. The van der Waals surface area contributed by atoms with E-state index >= 15 is 0 Å². The van der Waals surface area contributed by atoms with Crippen molar-refractivity contribution in [1.29, 1.82) is 0 Å². The summed E-state index contributed by atoms with van der Waals surface area (Å²) in [5, 5.41) is 3.65. The Balaban J connectivity index is 2.09. The van der Waals surface area contributed by atoms with Gasteiger partial charge in [-0.25, -0.2) is 4.39 Å². The van der Waals surface area contributed by atoms with Crippen LogP contribution in [0.1, 0.15) is 46.5 Å². The number of rotatable bonds is 7. The van der Waals surface area contributed by atoms with Gasteiger partial charge in [0.1, 0.15) is 17.7 Å². The normalized spacial score (nSPS) is 23.7. The van der Waals surface area contributed by atoms with Crippen molar-refractivity contribution in [2.45, 2.75) is 58.6 Å². The van der Waals surface area contributed by atoms with E-state index in [4.69, 9.17) is 4.74 Å². The molecule has 0 heterocycles. The van der Waals surface area contributed by atoms with E-state index in [0.29, 0.717) is 10.5 Å². The molecule has 0 aromatic heterocycles. The number of ether oxygens (including phenoxy) is 1. The van der Waals surface area contributed by atoms with Crippen LogP contribution >= 0.6 is 15.9 Å². The molecule has 4 heteroatoms. The molecular weight excluding hydrogens is 333 g/mol. The van der Waals surface area contributed by atoms with Gasteiger partial charge in [-0.05, 0) is 59.9 Å². The number of hydrogen-bond acceptors (Lipinski definition) is 2. The van der Waals surface area contributed by atoms with Gasteiger partial charge in [0, 0.05) is 17.9 Å². The molecule has 2 nitrogen and oxygen atoms in total. The number of halogens is 2. The van der Waals surface area contributed by atoms with Crippen LogP contribution in [0.5, 0.6) is 5.75 Å². The maximum atomic E-state index is 13.2. The molecule has 1 aliphatic rings. The van der Waals surface area contributed by atoms with Gasteiger partial charge in [-0.2, -0.15) is 0 Å². The Kier molecular flexibility index (Phi) is 5.67. The summed E-state index contributed by atoms with van der Waals surface area (Å²) in [5.74, 6) is 0.490. The lowest BCUT2D eigenvalue weighted by Gasteiger charge is -2.55. The van der Waals surface area contributed by atoms with Gasteiger partial charge in [0.05, 0.1) is 4.47 Å². The van der Waals surface area contributed by atoms with Crippen molar-refractivity contribution in [3.63, 3.8) is 0 Å². The highest BCUT2D eigenvalue weighted by Gasteiger charge is 2.54. The minimum atomic E-state index is -0.248. The molecular formula is C17H25BrFNO. The maximum absolute atomic E-state index is 13.2. The molecule has 1 saturated carbocycles. The first-order valence-electron chi connectivity index (χ1n) is 7.92. The van der Waals surface area contributed by atoms with Gasteiger partial charge < -0.3 is 10.1 Å². The maximum Gasteiger partial charge on any atom is 0.134 e. The Bertz CT molecular complexity index is 476. The molecule has 21 heavy (non-hydrogen) atoms. The minimum absolute atomic E-state index is 0.184. The summed E-state index contributed by atoms with van der Waals surface area (Å²) >= 11 is 3.39. The van der Waals surface area contributed by atoms with Crippen molar-refractivity contribution >= 4 is 15.9 Å². The molecule has 0 amide bonds. The van der Waals surface area contributed by atoms with Crippen LogP contribution in [0.15, 0.2) is 22.7 Å². The van der Waals surface area contributed by atoms with Gasteiger partial charge in [0.25, 0.3) is 0 Å². The van der Waals surface area contributed by atoms with Crippen LogP contribution in [0.25, 0.3) is 0 Å². The fourth-order valence-electron chi connectivity index (χ4n) is 3.44. The predicted octanol–water partition coefficient (Wildman–Crippen LogP) is 4.91. The molecule has 0 saturated heterocycles. The van der Waals surface area contributed by atoms with E-state index in [9.17, 15) is 4.39 Å². The second kappa shape index (κ2) is 7.10. The van der Waals surface area contributed by atoms with E-state index in [0.717, 1.165) is 38.0 Å². The van der Waals surface area contributed by atoms with Gasteiger partial charge in [0.2, 0.25) is 0 Å². The second-order valence-electron chi connectivity index (χ2n) is 5.86. The lowest BCUT2D eigenvalue weighted by atomic mass is 9.58. The number of nitrogens with one attached hydrogen (secondary N) is 1. The molecule has 0 spiro atoms. The number of hydrogen-bond donors (Lipinski definition) is 1. The first-order chi connectivity index (χ1) is 10.1. The fraction of sp³-hybridized carbons (Fsp3) is 0.647. The molecule has 1 fully saturated rings. The monoisotopic (exact) mass is 357 g/mol. The van der Waals surface area contributed by atoms with Crippen molar-refractivity contribution in [2.24, 2.45) is 5.41 Å². The van der Waals surface area contributed by atoms with Crippen LogP contribution in [0, 0.1) is 11.2 Å². The van der Waals surface area contributed by atoms with Crippen LogP contribution in [0.2, 0.25) is 0 Å². The molecule has 1 N–H and O–H groups in total. The Morgan fingerprint density at radius 2 is 2.05 bits per heavy atom. The fourth-order valence-corrected chi connectivity index (χ4v) is 3.88. The Morgan fingerprint density at radius 3 is 2.62 bits per heavy atom. The van der Waals surface area contributed by atoms with Crippen molar-refractivity contribution < 1.29 is 9.13 Å². The Hall–Kier alpha value is -0.610. The first kappa shape index (κ1) is 16.8. The van der Waals surface area contributed by atoms with Gasteiger partial charge in [-0.15, -0.1) is 0 Å². The van der Waals surface area contributed by atoms with E-state index in [1.807, 2.05) is 0 Å². The lowest BCUT2D eigenvalue weighted by molar-refractivity contribution is -0.0861. The van der Waals surface area contributed by atoms with Crippen LogP contribution in [0.4, 0.5) is 4.39 Å². The SMILES string of the molecule is CCCNC1CC(Oc2ccc(F)cc2Br)C1(CC)CC. The van der Waals surface area contributed by atoms with Crippen molar-refractivity contribution in [2.75, 3.05) is 6.54 Å². The highest BCUT2D eigenvalue weighted by molar-refractivity contribution is 9.10. The predicted molar refractivity (Wildman–Crippen MR) is 88.2 cm³/mol. The summed E-state index contributed by atoms with van der Waals surface area (Å²) < 4.78 is 20.1. The average molecular weight is 358 g/mol. The molecule has 2 unspecified atom stereocenters. The van der Waals surface area contributed by atoms with E-state index < -0.39 is 0 Å². The quantitative estimate of drug-likeness (QED) is 0.748. The summed E-state index contributed by atoms with van der Waals surface area (Å²) in [6.45, 7) is 7.72. The smallest absolute Gasteiger partial charge is 0.134 e. The van der Waals surface area contributed by atoms with Crippen molar-refractivity contribution in [3.8, 4) is 5.75 Å². The summed E-state index contributed by atoms with van der Waals surface area (Å²) in [4.78, 5) is 0. The van der Waals surface area contributed by atoms with E-state index in [1.54, 1.807) is 6.07 Å². The Labute approximate surface area is 135 Å². The minimum Gasteiger partial charge on any atom is -0.489 e. The van der Waals surface area contributed by atoms with Crippen LogP contribution in [0.3, 0.4) is 0 Å². The highest BCUT2D eigenvalue weighted by Crippen LogP contribution is 2.49. The summed E-state index contributed by atoms with van der Waals surface area (Å²) in [6.07, 6.45) is 4.55. The lowest BCUT2D eigenvalue weighted by Crippen LogP contribution is -2.64. The van der Waals surface area contributed by atoms with E-state index in [2.05, 4.69) is 42.0 Å². The summed E-state index contributed by atoms with van der Waals surface area (Å²) in [7, 11) is 0. The molecule has 2 rings (SSSR count). The third kappa shape index (κ3) is 3.26. The van der Waals surface area contributed by atoms with Crippen LogP contribution in [-0.2, 0) is 0 Å². The van der Waals surface area contributed by atoms with Crippen LogP contribution < -0.4 is 10.1 Å². The summed E-state index contributed by atoms with van der Waals surface area (Å²) in [6, 6.07) is 5.14. The van der Waals surface area contributed by atoms with Gasteiger partial charge in [0.15, 0.2) is 0 Å². The van der Waals surface area contributed by atoms with Gasteiger partial charge >= 0.3 is 0 Å². The summed E-state index contributed by atoms with van der Waals surface area (Å²) in [5.41, 5.74) is 0.184. The molecule has 0 radical (unpaired) electrons. The van der Waals surface area contributed by atoms with E-state index in [1.165, 1.54) is 12.1 Å². The third-order valence-corrected chi connectivity index (χ3v) is 5.53.